The summed E-state index contributed by atoms with van der Waals surface area (Å²) in [5.41, 5.74) is 4.19. The number of fused-ring (bicyclic) bond motifs is 1. The number of benzene rings is 2. The minimum Gasteiger partial charge on any atom is -0.484 e. The van der Waals surface area contributed by atoms with Crippen molar-refractivity contribution in [2.24, 2.45) is 0 Å². The van der Waals surface area contributed by atoms with Gasteiger partial charge in [0.15, 0.2) is 6.61 Å². The molecule has 0 aliphatic carbocycles. The van der Waals surface area contributed by atoms with E-state index in [1.165, 1.54) is 10.9 Å². The second-order valence-corrected chi connectivity index (χ2v) is 6.74. The molecule has 1 aromatic heterocycles. The van der Waals surface area contributed by atoms with Crippen molar-refractivity contribution in [1.29, 1.82) is 0 Å². The molecule has 27 heavy (non-hydrogen) atoms. The van der Waals surface area contributed by atoms with Gasteiger partial charge in [-0.3, -0.25) is 4.79 Å². The van der Waals surface area contributed by atoms with Crippen molar-refractivity contribution >= 4 is 29.2 Å². The first-order valence-corrected chi connectivity index (χ1v) is 9.08. The topological polar surface area (TPSA) is 42.4 Å². The zero-order valence-corrected chi connectivity index (χ0v) is 16.2. The zero-order valence-electron chi connectivity index (χ0n) is 15.4. The summed E-state index contributed by atoms with van der Waals surface area (Å²) in [6.45, 7) is 3.92. The fraction of sp³-hybridized carbons (Fsp3) is 0.273. The molecule has 1 fully saturated rings. The van der Waals surface area contributed by atoms with Crippen LogP contribution in [0.15, 0.2) is 54.6 Å². The van der Waals surface area contributed by atoms with Crippen molar-refractivity contribution in [3.05, 3.63) is 60.2 Å². The van der Waals surface area contributed by atoms with Crippen LogP contribution in [-0.2, 0) is 4.79 Å². The van der Waals surface area contributed by atoms with E-state index in [0.29, 0.717) is 5.75 Å². The number of likely N-dealkylation sites (tertiary alicyclic amines) is 1. The van der Waals surface area contributed by atoms with Crippen molar-refractivity contribution in [3.63, 3.8) is 0 Å². The lowest BCUT2D eigenvalue weighted by Crippen LogP contribution is -2.32. The Morgan fingerprint density at radius 3 is 2.52 bits per heavy atom. The van der Waals surface area contributed by atoms with Crippen LogP contribution in [0.4, 0.5) is 0 Å². The minimum atomic E-state index is 0. The van der Waals surface area contributed by atoms with E-state index < -0.39 is 0 Å². The fourth-order valence-electron chi connectivity index (χ4n) is 3.42. The van der Waals surface area contributed by atoms with Gasteiger partial charge in [0.05, 0.1) is 11.2 Å². The second-order valence-electron chi connectivity index (χ2n) is 6.74. The summed E-state index contributed by atoms with van der Waals surface area (Å²) in [5.74, 6) is 0.775. The maximum atomic E-state index is 12.1. The van der Waals surface area contributed by atoms with E-state index in [1.54, 1.807) is 0 Å². The smallest absolute Gasteiger partial charge is 0.260 e. The Kier molecular flexibility index (Phi) is 5.97. The molecule has 2 aromatic carbocycles. The van der Waals surface area contributed by atoms with E-state index in [0.717, 1.165) is 42.7 Å². The van der Waals surface area contributed by atoms with Crippen molar-refractivity contribution in [3.8, 4) is 17.0 Å². The van der Waals surface area contributed by atoms with Gasteiger partial charge in [0.1, 0.15) is 5.75 Å². The van der Waals surface area contributed by atoms with Crippen molar-refractivity contribution in [2.75, 3.05) is 19.7 Å². The number of amides is 1. The molecule has 0 spiro atoms. The standard InChI is InChI=1S/C22H22N2O2.ClH/c1-16-14-21(23-20-7-3-2-6-19(16)20)17-8-10-18(11-9-17)26-15-22(25)24-12-4-5-13-24;/h2-3,6-11,14H,4-5,12-13,15H2,1H3;1H. The molecule has 0 unspecified atom stereocenters. The van der Waals surface area contributed by atoms with Crippen LogP contribution in [0.25, 0.3) is 22.2 Å². The molecule has 3 aromatic rings. The molecule has 1 aliphatic rings. The van der Waals surface area contributed by atoms with Crippen molar-refractivity contribution < 1.29 is 9.53 Å². The largest absolute Gasteiger partial charge is 0.484 e. The number of carbonyl (C=O) groups excluding carboxylic acids is 1. The molecular weight excluding hydrogens is 360 g/mol. The summed E-state index contributed by atoms with van der Waals surface area (Å²) in [6, 6.07) is 18.1. The lowest BCUT2D eigenvalue weighted by Gasteiger charge is -2.15. The lowest BCUT2D eigenvalue weighted by molar-refractivity contribution is -0.132. The molecule has 1 aliphatic heterocycles. The maximum absolute atomic E-state index is 12.1. The molecule has 5 heteroatoms. The highest BCUT2D eigenvalue weighted by molar-refractivity contribution is 5.85. The summed E-state index contributed by atoms with van der Waals surface area (Å²) in [6.07, 6.45) is 2.19. The van der Waals surface area contributed by atoms with Crippen LogP contribution in [0.3, 0.4) is 0 Å². The number of pyridine rings is 1. The normalized spacial score (nSPS) is 13.4. The van der Waals surface area contributed by atoms with E-state index >= 15 is 0 Å². The number of rotatable bonds is 4. The predicted octanol–water partition coefficient (Wildman–Crippen LogP) is 4.63. The number of hydrogen-bond donors (Lipinski definition) is 0. The van der Waals surface area contributed by atoms with Crippen LogP contribution in [0.1, 0.15) is 18.4 Å². The Hall–Kier alpha value is -2.59. The molecule has 1 saturated heterocycles. The molecule has 4 rings (SSSR count). The van der Waals surface area contributed by atoms with Crippen molar-refractivity contribution in [2.45, 2.75) is 19.8 Å². The number of aromatic nitrogens is 1. The highest BCUT2D eigenvalue weighted by atomic mass is 35.5. The van der Waals surface area contributed by atoms with Gasteiger partial charge < -0.3 is 9.64 Å². The summed E-state index contributed by atoms with van der Waals surface area (Å²) >= 11 is 0. The Bertz CT molecular complexity index is 935. The van der Waals surface area contributed by atoms with E-state index in [4.69, 9.17) is 9.72 Å². The molecule has 0 bridgehead atoms. The van der Waals surface area contributed by atoms with Crippen LogP contribution >= 0.6 is 12.4 Å². The first kappa shape index (κ1) is 19.2. The first-order valence-electron chi connectivity index (χ1n) is 9.08. The first-order chi connectivity index (χ1) is 12.7. The Morgan fingerprint density at radius 2 is 1.78 bits per heavy atom. The van der Waals surface area contributed by atoms with Crippen LogP contribution in [-0.4, -0.2) is 35.5 Å². The highest BCUT2D eigenvalue weighted by Crippen LogP contribution is 2.26. The van der Waals surface area contributed by atoms with Crippen LogP contribution in [0.5, 0.6) is 5.75 Å². The lowest BCUT2D eigenvalue weighted by atomic mass is 10.1. The quantitative estimate of drug-likeness (QED) is 0.660. The number of carbonyl (C=O) groups is 1. The molecule has 140 valence electrons. The zero-order chi connectivity index (χ0) is 17.9. The van der Waals surface area contributed by atoms with E-state index in [2.05, 4.69) is 19.1 Å². The Balaban J connectivity index is 0.00000210. The van der Waals surface area contributed by atoms with E-state index in [1.807, 2.05) is 47.4 Å². The van der Waals surface area contributed by atoms with Gasteiger partial charge in [0.25, 0.3) is 5.91 Å². The number of aryl methyl sites for hydroxylation is 1. The van der Waals surface area contributed by atoms with Crippen molar-refractivity contribution in [1.82, 2.24) is 9.88 Å². The maximum Gasteiger partial charge on any atom is 0.260 e. The van der Waals surface area contributed by atoms with Gasteiger partial charge in [-0.2, -0.15) is 0 Å². The third-order valence-electron chi connectivity index (χ3n) is 4.89. The minimum absolute atomic E-state index is 0. The fourth-order valence-corrected chi connectivity index (χ4v) is 3.42. The average molecular weight is 383 g/mol. The molecule has 0 N–H and O–H groups in total. The van der Waals surface area contributed by atoms with Gasteiger partial charge in [-0.1, -0.05) is 18.2 Å². The van der Waals surface area contributed by atoms with Gasteiger partial charge in [0, 0.05) is 24.0 Å². The Morgan fingerprint density at radius 1 is 1.07 bits per heavy atom. The van der Waals surface area contributed by atoms with Gasteiger partial charge in [-0.05, 0) is 61.7 Å². The molecule has 4 nitrogen and oxygen atoms in total. The second kappa shape index (κ2) is 8.40. The van der Waals surface area contributed by atoms with E-state index in [9.17, 15) is 4.79 Å². The number of nitrogens with zero attached hydrogens (tertiary/aromatic N) is 2. The third kappa shape index (κ3) is 4.22. The number of ether oxygens (including phenoxy) is 1. The van der Waals surface area contributed by atoms with E-state index in [-0.39, 0.29) is 24.9 Å². The van der Waals surface area contributed by atoms with Gasteiger partial charge >= 0.3 is 0 Å². The number of hydrogen-bond acceptors (Lipinski definition) is 3. The van der Waals surface area contributed by atoms with Gasteiger partial charge in [-0.25, -0.2) is 4.98 Å². The molecular formula is C22H23ClN2O2. The van der Waals surface area contributed by atoms with Crippen LogP contribution in [0.2, 0.25) is 0 Å². The third-order valence-corrected chi connectivity index (χ3v) is 4.89. The number of para-hydroxylation sites is 1. The molecule has 0 radical (unpaired) electrons. The summed E-state index contributed by atoms with van der Waals surface area (Å²) in [7, 11) is 0. The Labute approximate surface area is 165 Å². The SMILES string of the molecule is Cc1cc(-c2ccc(OCC(=O)N3CCCC3)cc2)nc2ccccc12.Cl. The monoisotopic (exact) mass is 382 g/mol. The molecule has 0 saturated carbocycles. The summed E-state index contributed by atoms with van der Waals surface area (Å²) in [4.78, 5) is 18.7. The van der Waals surface area contributed by atoms with Gasteiger partial charge in [0.2, 0.25) is 0 Å². The molecule has 0 atom stereocenters. The summed E-state index contributed by atoms with van der Waals surface area (Å²) in [5, 5.41) is 1.18. The number of halogens is 1. The summed E-state index contributed by atoms with van der Waals surface area (Å²) < 4.78 is 5.65. The predicted molar refractivity (Wildman–Crippen MR) is 110 cm³/mol. The highest BCUT2D eigenvalue weighted by Gasteiger charge is 2.18. The van der Waals surface area contributed by atoms with Crippen LogP contribution in [0, 0.1) is 6.92 Å². The average Bonchev–Trinajstić information content (AvgIpc) is 3.21. The molecule has 2 heterocycles. The molecule has 1 amide bonds. The van der Waals surface area contributed by atoms with Gasteiger partial charge in [-0.15, -0.1) is 12.4 Å². The van der Waals surface area contributed by atoms with Crippen LogP contribution < -0.4 is 4.74 Å².